The molecule has 0 spiro atoms. The van der Waals surface area contributed by atoms with E-state index in [1.165, 1.54) is 0 Å². The Balaban J connectivity index is 3.88. The summed E-state index contributed by atoms with van der Waals surface area (Å²) >= 11 is 0.978. The summed E-state index contributed by atoms with van der Waals surface area (Å²) in [5.74, 6) is -1.59. The third-order valence-corrected chi connectivity index (χ3v) is 2.94. The van der Waals surface area contributed by atoms with Crippen LogP contribution in [0.15, 0.2) is 0 Å². The number of nitrogens with one attached hydrogen (secondary N) is 1. The second kappa shape index (κ2) is 7.98. The van der Waals surface area contributed by atoms with Crippen molar-refractivity contribution in [1.82, 2.24) is 5.32 Å². The maximum Gasteiger partial charge on any atom is 0.413 e. The number of carboxylic acids is 1. The molecule has 0 radical (unpaired) electrons. The molecular formula is C9H15NO5S. The van der Waals surface area contributed by atoms with Crippen LogP contribution in [0.3, 0.4) is 0 Å². The second-order valence-electron chi connectivity index (χ2n) is 2.81. The first-order valence-corrected chi connectivity index (χ1v) is 5.87. The third-order valence-electron chi connectivity index (χ3n) is 1.58. The van der Waals surface area contributed by atoms with Gasteiger partial charge >= 0.3 is 12.1 Å². The number of ether oxygens (including phenoxy) is 1. The van der Waals surface area contributed by atoms with Gasteiger partial charge in [0, 0.05) is 0 Å². The molecule has 2 amide bonds. The van der Waals surface area contributed by atoms with Gasteiger partial charge in [-0.2, -0.15) is 0 Å². The van der Waals surface area contributed by atoms with Crippen LogP contribution in [0.1, 0.15) is 20.3 Å². The standard InChI is InChI=1S/C9H15NO5S/c1-3-6(8(12)13)16-5-7(11)10-9(14)15-4-2/h6H,3-5H2,1-2H3,(H,12,13)(H,10,11,14). The zero-order valence-electron chi connectivity index (χ0n) is 9.19. The van der Waals surface area contributed by atoms with Crippen molar-refractivity contribution in [2.45, 2.75) is 25.5 Å². The zero-order valence-corrected chi connectivity index (χ0v) is 10.0. The van der Waals surface area contributed by atoms with Crippen LogP contribution in [-0.2, 0) is 14.3 Å². The predicted octanol–water partition coefficient (Wildman–Crippen LogP) is 0.855. The first-order chi connectivity index (χ1) is 7.51. The van der Waals surface area contributed by atoms with Crippen LogP contribution in [0.25, 0.3) is 0 Å². The first-order valence-electron chi connectivity index (χ1n) is 4.82. The highest BCUT2D eigenvalue weighted by Crippen LogP contribution is 2.14. The number of imide groups is 1. The Labute approximate surface area is 97.7 Å². The van der Waals surface area contributed by atoms with Gasteiger partial charge in [0.05, 0.1) is 12.4 Å². The molecule has 1 unspecified atom stereocenters. The van der Waals surface area contributed by atoms with Crippen LogP contribution < -0.4 is 5.32 Å². The molecule has 6 nitrogen and oxygen atoms in total. The van der Waals surface area contributed by atoms with Gasteiger partial charge in [0.1, 0.15) is 5.25 Å². The molecule has 0 aliphatic heterocycles. The Bertz CT molecular complexity index is 269. The number of carboxylic acid groups (broad SMARTS) is 1. The van der Waals surface area contributed by atoms with E-state index in [0.717, 1.165) is 11.8 Å². The van der Waals surface area contributed by atoms with Gasteiger partial charge in [0.2, 0.25) is 5.91 Å². The average molecular weight is 249 g/mol. The average Bonchev–Trinajstić information content (AvgIpc) is 2.18. The number of amides is 2. The summed E-state index contributed by atoms with van der Waals surface area (Å²) in [5, 5.41) is 10.1. The van der Waals surface area contributed by atoms with Gasteiger partial charge < -0.3 is 9.84 Å². The lowest BCUT2D eigenvalue weighted by Gasteiger charge is -2.08. The molecule has 0 aliphatic rings. The molecule has 7 heteroatoms. The maximum absolute atomic E-state index is 11.1. The van der Waals surface area contributed by atoms with E-state index in [-0.39, 0.29) is 12.4 Å². The molecular weight excluding hydrogens is 234 g/mol. The van der Waals surface area contributed by atoms with E-state index in [1.807, 2.05) is 5.32 Å². The SMILES string of the molecule is CCOC(=O)NC(=O)CSC(CC)C(=O)O. The number of alkyl carbamates (subject to hydrolysis) is 1. The van der Waals surface area contributed by atoms with Crippen molar-refractivity contribution >= 4 is 29.7 Å². The highest BCUT2D eigenvalue weighted by Gasteiger charge is 2.17. The summed E-state index contributed by atoms with van der Waals surface area (Å²) in [4.78, 5) is 32.6. The van der Waals surface area contributed by atoms with Crippen LogP contribution in [0.5, 0.6) is 0 Å². The van der Waals surface area contributed by atoms with Gasteiger partial charge in [0.25, 0.3) is 0 Å². The number of carbonyl (C=O) groups is 3. The highest BCUT2D eigenvalue weighted by atomic mass is 32.2. The minimum Gasteiger partial charge on any atom is -0.480 e. The Kier molecular flexibility index (Phi) is 7.36. The van der Waals surface area contributed by atoms with Crippen molar-refractivity contribution in [3.05, 3.63) is 0 Å². The molecule has 0 aromatic rings. The van der Waals surface area contributed by atoms with E-state index >= 15 is 0 Å². The molecule has 0 aromatic carbocycles. The Hall–Kier alpha value is -1.24. The zero-order chi connectivity index (χ0) is 12.6. The quantitative estimate of drug-likeness (QED) is 0.725. The fraction of sp³-hybridized carbons (Fsp3) is 0.667. The molecule has 2 N–H and O–H groups in total. The number of aliphatic carboxylic acids is 1. The molecule has 0 fully saturated rings. The fourth-order valence-corrected chi connectivity index (χ4v) is 1.66. The summed E-state index contributed by atoms with van der Waals surface area (Å²) in [6.07, 6.45) is -0.386. The Morgan fingerprint density at radius 3 is 2.44 bits per heavy atom. The minimum atomic E-state index is -0.962. The van der Waals surface area contributed by atoms with E-state index < -0.39 is 23.2 Å². The van der Waals surface area contributed by atoms with E-state index in [1.54, 1.807) is 13.8 Å². The van der Waals surface area contributed by atoms with Crippen molar-refractivity contribution in [1.29, 1.82) is 0 Å². The van der Waals surface area contributed by atoms with Gasteiger partial charge in [-0.1, -0.05) is 6.92 Å². The number of hydrogen-bond acceptors (Lipinski definition) is 5. The number of hydrogen-bond donors (Lipinski definition) is 2. The molecule has 0 aromatic heterocycles. The van der Waals surface area contributed by atoms with E-state index in [4.69, 9.17) is 5.11 Å². The van der Waals surface area contributed by atoms with Crippen LogP contribution in [0.2, 0.25) is 0 Å². The molecule has 0 heterocycles. The van der Waals surface area contributed by atoms with Crippen molar-refractivity contribution in [2.75, 3.05) is 12.4 Å². The first kappa shape index (κ1) is 14.8. The monoisotopic (exact) mass is 249 g/mol. The Morgan fingerprint density at radius 2 is 2.00 bits per heavy atom. The van der Waals surface area contributed by atoms with Crippen molar-refractivity contribution in [2.24, 2.45) is 0 Å². The van der Waals surface area contributed by atoms with Gasteiger partial charge in [0.15, 0.2) is 0 Å². The third kappa shape index (κ3) is 6.28. The summed E-state index contributed by atoms with van der Waals surface area (Å²) in [6, 6.07) is 0. The van der Waals surface area contributed by atoms with Gasteiger partial charge in [-0.25, -0.2) is 4.79 Å². The topological polar surface area (TPSA) is 92.7 Å². The molecule has 0 saturated carbocycles. The van der Waals surface area contributed by atoms with Gasteiger partial charge in [-0.3, -0.25) is 14.9 Å². The maximum atomic E-state index is 11.1. The molecule has 0 aliphatic carbocycles. The molecule has 0 rings (SSSR count). The van der Waals surface area contributed by atoms with Gasteiger partial charge in [-0.05, 0) is 13.3 Å². The molecule has 0 bridgehead atoms. The normalized spacial score (nSPS) is 11.6. The number of rotatable bonds is 6. The summed E-state index contributed by atoms with van der Waals surface area (Å²) in [7, 11) is 0. The van der Waals surface area contributed by atoms with Crippen molar-refractivity contribution in [3.8, 4) is 0 Å². The minimum absolute atomic E-state index is 0.0797. The lowest BCUT2D eigenvalue weighted by atomic mass is 10.3. The smallest absolute Gasteiger partial charge is 0.413 e. The van der Waals surface area contributed by atoms with Crippen LogP contribution in [-0.4, -0.2) is 40.7 Å². The lowest BCUT2D eigenvalue weighted by molar-refractivity contribution is -0.136. The summed E-state index contributed by atoms with van der Waals surface area (Å²) in [6.45, 7) is 3.52. The van der Waals surface area contributed by atoms with Crippen LogP contribution >= 0.6 is 11.8 Å². The van der Waals surface area contributed by atoms with Crippen molar-refractivity contribution < 1.29 is 24.2 Å². The lowest BCUT2D eigenvalue weighted by Crippen LogP contribution is -2.33. The highest BCUT2D eigenvalue weighted by molar-refractivity contribution is 8.01. The summed E-state index contributed by atoms with van der Waals surface area (Å²) < 4.78 is 4.50. The van der Waals surface area contributed by atoms with Gasteiger partial charge in [-0.15, -0.1) is 11.8 Å². The molecule has 0 saturated heterocycles. The van der Waals surface area contributed by atoms with E-state index in [0.29, 0.717) is 6.42 Å². The summed E-state index contributed by atoms with van der Waals surface area (Å²) in [5.41, 5.74) is 0. The second-order valence-corrected chi connectivity index (χ2v) is 4.01. The van der Waals surface area contributed by atoms with Crippen LogP contribution in [0.4, 0.5) is 4.79 Å². The molecule has 1 atom stereocenters. The fourth-order valence-electron chi connectivity index (χ4n) is 0.857. The molecule has 16 heavy (non-hydrogen) atoms. The number of thioether (sulfide) groups is 1. The largest absolute Gasteiger partial charge is 0.480 e. The van der Waals surface area contributed by atoms with E-state index in [9.17, 15) is 14.4 Å². The molecule has 92 valence electrons. The van der Waals surface area contributed by atoms with Crippen LogP contribution in [0, 0.1) is 0 Å². The van der Waals surface area contributed by atoms with Crippen molar-refractivity contribution in [3.63, 3.8) is 0 Å². The Morgan fingerprint density at radius 1 is 1.38 bits per heavy atom. The number of carbonyl (C=O) groups excluding carboxylic acids is 2. The predicted molar refractivity (Wildman–Crippen MR) is 59.3 cm³/mol. The van der Waals surface area contributed by atoms with E-state index in [2.05, 4.69) is 4.74 Å².